The Kier molecular flexibility index (Phi) is 7.49. The highest BCUT2D eigenvalue weighted by atomic mass is 16.5. The Morgan fingerprint density at radius 2 is 1.80 bits per heavy atom. The number of aromatic nitrogens is 2. The maximum absolute atomic E-state index is 12.7. The van der Waals surface area contributed by atoms with E-state index >= 15 is 0 Å². The standard InChI is InChI=1S/C26H24N4O5/c31-11-4-12-35-20-8-2-6-18(14-20)25(32)30-19-7-1-5-17(13-19)15-27-24-21-9-3-10-22(26(33)34)23(21)28-16-29-24/h1-3,5-10,13-14,16,31H,4,11-12,15H2,(H,30,32)(H,33,34)(H,27,28,29). The summed E-state index contributed by atoms with van der Waals surface area (Å²) in [6, 6.07) is 19.2. The first-order valence-electron chi connectivity index (χ1n) is 11.0. The van der Waals surface area contributed by atoms with Crippen LogP contribution in [0.4, 0.5) is 11.5 Å². The lowest BCUT2D eigenvalue weighted by molar-refractivity contribution is 0.0698. The van der Waals surface area contributed by atoms with Gasteiger partial charge >= 0.3 is 5.97 Å². The number of carboxylic acids is 1. The molecule has 0 aliphatic rings. The number of benzene rings is 3. The lowest BCUT2D eigenvalue weighted by Crippen LogP contribution is -2.12. The summed E-state index contributed by atoms with van der Waals surface area (Å²) in [4.78, 5) is 32.6. The molecule has 3 aromatic carbocycles. The Labute approximate surface area is 201 Å². The predicted molar refractivity (Wildman–Crippen MR) is 132 cm³/mol. The Hall–Kier alpha value is -4.50. The van der Waals surface area contributed by atoms with Gasteiger partial charge in [0.05, 0.1) is 17.7 Å². The smallest absolute Gasteiger partial charge is 0.337 e. The number of rotatable bonds is 10. The van der Waals surface area contributed by atoms with E-state index in [4.69, 9.17) is 9.84 Å². The van der Waals surface area contributed by atoms with Crippen molar-refractivity contribution in [1.82, 2.24) is 9.97 Å². The van der Waals surface area contributed by atoms with E-state index in [1.54, 1.807) is 42.5 Å². The van der Waals surface area contributed by atoms with Crippen LogP contribution in [-0.4, -0.2) is 45.3 Å². The Bertz CT molecular complexity index is 1360. The number of hydrogen-bond donors (Lipinski definition) is 4. The third kappa shape index (κ3) is 5.90. The van der Waals surface area contributed by atoms with Gasteiger partial charge in [-0.25, -0.2) is 14.8 Å². The number of carboxylic acid groups (broad SMARTS) is 1. The van der Waals surface area contributed by atoms with Crippen LogP contribution in [0.1, 0.15) is 32.7 Å². The van der Waals surface area contributed by atoms with Crippen LogP contribution < -0.4 is 15.4 Å². The summed E-state index contributed by atoms with van der Waals surface area (Å²) in [7, 11) is 0. The molecule has 0 aliphatic heterocycles. The zero-order valence-corrected chi connectivity index (χ0v) is 18.8. The minimum absolute atomic E-state index is 0.0438. The van der Waals surface area contributed by atoms with E-state index in [0.717, 1.165) is 5.56 Å². The van der Waals surface area contributed by atoms with E-state index in [1.165, 1.54) is 12.4 Å². The zero-order valence-electron chi connectivity index (χ0n) is 18.8. The van der Waals surface area contributed by atoms with Gasteiger partial charge in [-0.3, -0.25) is 4.79 Å². The summed E-state index contributed by atoms with van der Waals surface area (Å²) in [5, 5.41) is 25.0. The first-order chi connectivity index (χ1) is 17.0. The van der Waals surface area contributed by atoms with Crippen LogP contribution >= 0.6 is 0 Å². The van der Waals surface area contributed by atoms with Crippen LogP contribution in [-0.2, 0) is 6.54 Å². The summed E-state index contributed by atoms with van der Waals surface area (Å²) in [5.41, 5.74) is 2.45. The number of aromatic carboxylic acids is 1. The maximum atomic E-state index is 12.7. The van der Waals surface area contributed by atoms with Crippen LogP contribution in [0.3, 0.4) is 0 Å². The van der Waals surface area contributed by atoms with E-state index in [0.29, 0.717) is 53.3 Å². The molecule has 1 aromatic heterocycles. The second-order valence-electron chi connectivity index (χ2n) is 7.69. The lowest BCUT2D eigenvalue weighted by atomic mass is 10.1. The predicted octanol–water partition coefficient (Wildman–Crippen LogP) is 3.95. The topological polar surface area (TPSA) is 134 Å². The lowest BCUT2D eigenvalue weighted by Gasteiger charge is -2.11. The van der Waals surface area contributed by atoms with Crippen molar-refractivity contribution in [3.05, 3.63) is 89.7 Å². The second-order valence-corrected chi connectivity index (χ2v) is 7.69. The second kappa shape index (κ2) is 11.1. The highest BCUT2D eigenvalue weighted by Crippen LogP contribution is 2.23. The van der Waals surface area contributed by atoms with Crippen LogP contribution in [0.15, 0.2) is 73.1 Å². The number of fused-ring (bicyclic) bond motifs is 1. The summed E-state index contributed by atoms with van der Waals surface area (Å²) >= 11 is 0. The molecule has 4 rings (SSSR count). The van der Waals surface area contributed by atoms with Crippen molar-refractivity contribution in [2.75, 3.05) is 23.8 Å². The van der Waals surface area contributed by atoms with Crippen LogP contribution in [0.25, 0.3) is 10.9 Å². The van der Waals surface area contributed by atoms with Gasteiger partial charge in [0.2, 0.25) is 0 Å². The van der Waals surface area contributed by atoms with Crippen LogP contribution in [0.5, 0.6) is 5.75 Å². The molecule has 0 radical (unpaired) electrons. The van der Waals surface area contributed by atoms with Gasteiger partial charge in [0.25, 0.3) is 5.91 Å². The normalized spacial score (nSPS) is 10.7. The highest BCUT2D eigenvalue weighted by Gasteiger charge is 2.13. The molecule has 1 heterocycles. The zero-order chi connectivity index (χ0) is 24.6. The van der Waals surface area contributed by atoms with E-state index in [1.807, 2.05) is 18.2 Å². The average Bonchev–Trinajstić information content (AvgIpc) is 2.87. The van der Waals surface area contributed by atoms with Crippen molar-refractivity contribution in [2.45, 2.75) is 13.0 Å². The molecule has 0 spiro atoms. The molecule has 0 unspecified atom stereocenters. The number of aliphatic hydroxyl groups is 1. The van der Waals surface area contributed by atoms with Crippen LogP contribution in [0.2, 0.25) is 0 Å². The number of amides is 1. The molecule has 0 aliphatic carbocycles. The molecule has 178 valence electrons. The van der Waals surface area contributed by atoms with Gasteiger partial charge in [-0.05, 0) is 48.0 Å². The first-order valence-corrected chi connectivity index (χ1v) is 11.0. The Morgan fingerprint density at radius 3 is 2.63 bits per heavy atom. The van der Waals surface area contributed by atoms with Gasteiger partial charge < -0.3 is 25.6 Å². The average molecular weight is 473 g/mol. The number of anilines is 2. The monoisotopic (exact) mass is 472 g/mol. The fourth-order valence-corrected chi connectivity index (χ4v) is 3.53. The molecular formula is C26H24N4O5. The minimum atomic E-state index is -1.05. The number of ether oxygens (including phenoxy) is 1. The van der Waals surface area contributed by atoms with E-state index < -0.39 is 5.97 Å². The van der Waals surface area contributed by atoms with Gasteiger partial charge in [0.1, 0.15) is 17.9 Å². The molecule has 0 saturated carbocycles. The molecule has 0 atom stereocenters. The van der Waals surface area contributed by atoms with Crippen molar-refractivity contribution in [3.63, 3.8) is 0 Å². The van der Waals surface area contributed by atoms with Gasteiger partial charge in [-0.15, -0.1) is 0 Å². The summed E-state index contributed by atoms with van der Waals surface area (Å²) < 4.78 is 5.54. The number of hydrogen-bond acceptors (Lipinski definition) is 7. The summed E-state index contributed by atoms with van der Waals surface area (Å²) in [6.07, 6.45) is 1.85. The van der Waals surface area contributed by atoms with Gasteiger partial charge in [-0.2, -0.15) is 0 Å². The molecule has 4 N–H and O–H groups in total. The number of nitrogens with zero attached hydrogens (tertiary/aromatic N) is 2. The van der Waals surface area contributed by atoms with Crippen molar-refractivity contribution in [3.8, 4) is 5.75 Å². The van der Waals surface area contributed by atoms with Crippen LogP contribution in [0, 0.1) is 0 Å². The number of para-hydroxylation sites is 1. The molecule has 9 nitrogen and oxygen atoms in total. The van der Waals surface area contributed by atoms with Crippen molar-refractivity contribution in [1.29, 1.82) is 0 Å². The third-order valence-corrected chi connectivity index (χ3v) is 5.21. The number of carbonyl (C=O) groups excluding carboxylic acids is 1. The van der Waals surface area contributed by atoms with Crippen molar-refractivity contribution < 1.29 is 24.5 Å². The fourth-order valence-electron chi connectivity index (χ4n) is 3.53. The molecule has 0 fully saturated rings. The van der Waals surface area contributed by atoms with Gasteiger partial charge in [0.15, 0.2) is 0 Å². The minimum Gasteiger partial charge on any atom is -0.493 e. The van der Waals surface area contributed by atoms with Gasteiger partial charge in [-0.1, -0.05) is 24.3 Å². The molecule has 9 heteroatoms. The van der Waals surface area contributed by atoms with E-state index in [9.17, 15) is 14.7 Å². The molecule has 1 amide bonds. The van der Waals surface area contributed by atoms with Gasteiger partial charge in [0, 0.05) is 36.2 Å². The molecule has 0 bridgehead atoms. The third-order valence-electron chi connectivity index (χ3n) is 5.21. The molecular weight excluding hydrogens is 448 g/mol. The fraction of sp³-hybridized carbons (Fsp3) is 0.154. The number of aliphatic hydroxyl groups excluding tert-OH is 1. The molecule has 0 saturated heterocycles. The number of carbonyl (C=O) groups is 2. The quantitative estimate of drug-likeness (QED) is 0.255. The first kappa shape index (κ1) is 23.7. The SMILES string of the molecule is O=C(Nc1cccc(CNc2ncnc3c(C(=O)O)cccc23)c1)c1cccc(OCCCO)c1. The van der Waals surface area contributed by atoms with E-state index in [2.05, 4.69) is 20.6 Å². The maximum Gasteiger partial charge on any atom is 0.337 e. The Balaban J connectivity index is 1.44. The summed E-state index contributed by atoms with van der Waals surface area (Å²) in [5.74, 6) is -0.241. The number of nitrogens with one attached hydrogen (secondary N) is 2. The largest absolute Gasteiger partial charge is 0.493 e. The van der Waals surface area contributed by atoms with Crippen molar-refractivity contribution >= 4 is 34.3 Å². The molecule has 35 heavy (non-hydrogen) atoms. The highest BCUT2D eigenvalue weighted by molar-refractivity contribution is 6.05. The Morgan fingerprint density at radius 1 is 0.971 bits per heavy atom. The summed E-state index contributed by atoms with van der Waals surface area (Å²) in [6.45, 7) is 0.819. The van der Waals surface area contributed by atoms with E-state index in [-0.39, 0.29) is 18.1 Å². The van der Waals surface area contributed by atoms with Crippen molar-refractivity contribution in [2.24, 2.45) is 0 Å². The molecule has 4 aromatic rings.